The third kappa shape index (κ3) is 13.0. The Balaban J connectivity index is 0.000000341. The van der Waals surface area contributed by atoms with Gasteiger partial charge in [-0.1, -0.05) is 97.9 Å². The Kier molecular flexibility index (Phi) is 16.3. The summed E-state index contributed by atoms with van der Waals surface area (Å²) in [5.41, 5.74) is 3.35. The Bertz CT molecular complexity index is 1670. The predicted molar refractivity (Wildman–Crippen MR) is 178 cm³/mol. The molecule has 228 valence electrons. The van der Waals surface area contributed by atoms with E-state index in [2.05, 4.69) is 31.9 Å². The summed E-state index contributed by atoms with van der Waals surface area (Å²) in [5.74, 6) is 0. The maximum absolute atomic E-state index is 12.0. The molecular formula is C29H29Br2Cl3O6S2. The van der Waals surface area contributed by atoms with Crippen molar-refractivity contribution >= 4 is 84.9 Å². The van der Waals surface area contributed by atoms with Gasteiger partial charge in [-0.05, 0) is 85.6 Å². The summed E-state index contributed by atoms with van der Waals surface area (Å²) >= 11 is 18.3. The number of hydrogen-bond donors (Lipinski definition) is 1. The molecule has 4 aromatic rings. The number of rotatable bonds is 6. The van der Waals surface area contributed by atoms with Crippen molar-refractivity contribution in [2.45, 2.75) is 44.3 Å². The van der Waals surface area contributed by atoms with Gasteiger partial charge in [-0.25, -0.2) is 8.42 Å². The van der Waals surface area contributed by atoms with Crippen LogP contribution in [-0.2, 0) is 36.6 Å². The van der Waals surface area contributed by atoms with E-state index in [0.717, 1.165) is 25.6 Å². The van der Waals surface area contributed by atoms with Crippen molar-refractivity contribution < 1.29 is 26.1 Å². The van der Waals surface area contributed by atoms with Gasteiger partial charge in [0.25, 0.3) is 19.2 Å². The minimum absolute atomic E-state index is 0. The monoisotopic (exact) mass is 800 g/mol. The number of hydrogen-bond acceptors (Lipinski definition) is 6. The molecule has 0 saturated heterocycles. The van der Waals surface area contributed by atoms with Crippen molar-refractivity contribution in [3.8, 4) is 0 Å². The second-order valence-electron chi connectivity index (χ2n) is 8.41. The van der Waals surface area contributed by atoms with Crippen LogP contribution < -0.4 is 0 Å². The third-order valence-corrected chi connectivity index (χ3v) is 9.54. The molecule has 0 fully saturated rings. The molecule has 13 heteroatoms. The van der Waals surface area contributed by atoms with Crippen LogP contribution in [0.25, 0.3) is 0 Å². The molecule has 0 amide bonds. The zero-order chi connectivity index (χ0) is 30.8. The normalized spacial score (nSPS) is 10.9. The van der Waals surface area contributed by atoms with Crippen molar-refractivity contribution in [1.29, 1.82) is 0 Å². The zero-order valence-electron chi connectivity index (χ0n) is 21.7. The van der Waals surface area contributed by atoms with Gasteiger partial charge in [0.2, 0.25) is 0 Å². The molecule has 6 nitrogen and oxygen atoms in total. The smallest absolute Gasteiger partial charge is 0.297 e. The molecule has 0 spiro atoms. The quantitative estimate of drug-likeness (QED) is 0.154. The lowest BCUT2D eigenvalue weighted by Gasteiger charge is -2.08. The van der Waals surface area contributed by atoms with E-state index in [-0.39, 0.29) is 30.4 Å². The summed E-state index contributed by atoms with van der Waals surface area (Å²) in [5, 5.41) is 9.81. The number of benzene rings is 4. The molecular weight excluding hydrogens is 775 g/mol. The first-order valence-corrected chi connectivity index (χ1v) is 17.6. The summed E-state index contributed by atoms with van der Waals surface area (Å²) in [6, 6.07) is 23.4. The van der Waals surface area contributed by atoms with Gasteiger partial charge in [-0.2, -0.15) is 8.42 Å². The van der Waals surface area contributed by atoms with Crippen molar-refractivity contribution in [3.05, 3.63) is 126 Å². The van der Waals surface area contributed by atoms with Gasteiger partial charge in [0.05, 0.1) is 23.0 Å². The van der Waals surface area contributed by atoms with Crippen LogP contribution >= 0.6 is 65.7 Å². The number of aryl methyl sites for hydroxylation is 2. The largest absolute Gasteiger partial charge is 0.392 e. The molecule has 1 N–H and O–H groups in total. The van der Waals surface area contributed by atoms with E-state index in [9.17, 15) is 16.8 Å². The highest BCUT2D eigenvalue weighted by atomic mass is 79.9. The molecule has 0 aliphatic carbocycles. The summed E-state index contributed by atoms with van der Waals surface area (Å²) in [7, 11) is -2.24. The number of aliphatic hydroxyl groups is 1. The maximum atomic E-state index is 12.0. The molecule has 0 heterocycles. The van der Waals surface area contributed by atoms with E-state index >= 15 is 0 Å². The van der Waals surface area contributed by atoms with Gasteiger partial charge < -0.3 is 5.11 Å². The summed E-state index contributed by atoms with van der Waals surface area (Å²) in [4.78, 5) is 0.277. The molecule has 0 atom stereocenters. The fraction of sp³-hybridized carbons (Fsp3) is 0.172. The molecule has 0 aromatic heterocycles. The lowest BCUT2D eigenvalue weighted by molar-refractivity contribution is 0.282. The van der Waals surface area contributed by atoms with E-state index < -0.39 is 19.2 Å². The molecule has 42 heavy (non-hydrogen) atoms. The molecule has 0 aliphatic rings. The van der Waals surface area contributed by atoms with Gasteiger partial charge in [-0.3, -0.25) is 4.18 Å². The SMILES string of the molecule is C.Cc1ccc(S(=O)(=O)Cl)cc1.Cc1ccc(S(=O)(=O)OCc2cc(Br)ccc2Cl)cc1.OCc1cc(Br)ccc1Cl. The Hall–Kier alpha value is -1.47. The van der Waals surface area contributed by atoms with E-state index in [1.54, 1.807) is 54.6 Å². The standard InChI is InChI=1S/C14H12BrClO3S.C7H6BrClO.C7H7ClO2S.CH4/c1-10-2-5-13(6-3-10)20(17,18)19-9-11-8-12(15)4-7-14(11)16;8-6-1-2-7(9)5(3-6)4-10;1-6-2-4-7(5-3-6)11(8,9)10;/h2-8H,9H2,1H3;1-3,10H,4H2;2-5H,1H3;1H4. The van der Waals surface area contributed by atoms with E-state index in [1.165, 1.54) is 24.3 Å². The molecule has 0 unspecified atom stereocenters. The Morgan fingerprint density at radius 3 is 1.50 bits per heavy atom. The average Bonchev–Trinajstić information content (AvgIpc) is 2.91. The molecule has 4 aromatic carbocycles. The summed E-state index contributed by atoms with van der Waals surface area (Å²) < 4.78 is 52.3. The number of aliphatic hydroxyl groups excluding tert-OH is 1. The zero-order valence-corrected chi connectivity index (χ0v) is 28.8. The van der Waals surface area contributed by atoms with Crippen molar-refractivity contribution in [1.82, 2.24) is 0 Å². The first-order valence-electron chi connectivity index (χ1n) is 11.6. The first-order chi connectivity index (χ1) is 19.1. The van der Waals surface area contributed by atoms with Crippen LogP contribution in [0.15, 0.2) is 104 Å². The predicted octanol–water partition coefficient (Wildman–Crippen LogP) is 9.47. The van der Waals surface area contributed by atoms with Crippen LogP contribution in [0.3, 0.4) is 0 Å². The molecule has 0 saturated carbocycles. The topological polar surface area (TPSA) is 97.7 Å². The number of halogens is 5. The fourth-order valence-corrected chi connectivity index (χ4v) is 5.76. The Morgan fingerprint density at radius 2 is 1.10 bits per heavy atom. The highest BCUT2D eigenvalue weighted by molar-refractivity contribution is 9.10. The van der Waals surface area contributed by atoms with Crippen LogP contribution in [0.2, 0.25) is 10.0 Å². The molecule has 0 aliphatic heterocycles. The second-order valence-corrected chi connectivity index (χ2v) is 15.2. The van der Waals surface area contributed by atoms with Crippen LogP contribution in [0.5, 0.6) is 0 Å². The molecule has 0 bridgehead atoms. The van der Waals surface area contributed by atoms with Crippen LogP contribution in [0.4, 0.5) is 0 Å². The van der Waals surface area contributed by atoms with Gasteiger partial charge in [0.1, 0.15) is 0 Å². The highest BCUT2D eigenvalue weighted by Gasteiger charge is 2.16. The van der Waals surface area contributed by atoms with Gasteiger partial charge >= 0.3 is 0 Å². The van der Waals surface area contributed by atoms with Gasteiger partial charge in [-0.15, -0.1) is 0 Å². The van der Waals surface area contributed by atoms with Crippen molar-refractivity contribution in [3.63, 3.8) is 0 Å². The Labute approximate surface area is 279 Å². The van der Waals surface area contributed by atoms with Crippen LogP contribution in [0.1, 0.15) is 29.7 Å². The van der Waals surface area contributed by atoms with Gasteiger partial charge in [0.15, 0.2) is 0 Å². The average molecular weight is 804 g/mol. The van der Waals surface area contributed by atoms with Crippen LogP contribution in [-0.4, -0.2) is 21.9 Å². The summed E-state index contributed by atoms with van der Waals surface area (Å²) in [6.07, 6.45) is 0. The molecule has 4 rings (SSSR count). The van der Waals surface area contributed by atoms with E-state index in [1.807, 2.05) is 19.9 Å². The molecule has 0 radical (unpaired) electrons. The first kappa shape index (κ1) is 38.6. The Morgan fingerprint density at radius 1 is 0.690 bits per heavy atom. The fourth-order valence-electron chi connectivity index (χ4n) is 2.93. The summed E-state index contributed by atoms with van der Waals surface area (Å²) in [6.45, 7) is 3.65. The van der Waals surface area contributed by atoms with Gasteiger partial charge in [0, 0.05) is 29.7 Å². The second kappa shape index (κ2) is 17.7. The minimum atomic E-state index is -3.78. The van der Waals surface area contributed by atoms with Crippen LogP contribution in [0, 0.1) is 13.8 Å². The van der Waals surface area contributed by atoms with Crippen molar-refractivity contribution in [2.75, 3.05) is 0 Å². The minimum Gasteiger partial charge on any atom is -0.392 e. The highest BCUT2D eigenvalue weighted by Crippen LogP contribution is 2.24. The van der Waals surface area contributed by atoms with E-state index in [0.29, 0.717) is 15.6 Å². The van der Waals surface area contributed by atoms with Crippen molar-refractivity contribution in [2.24, 2.45) is 0 Å². The maximum Gasteiger partial charge on any atom is 0.297 e. The lowest BCUT2D eigenvalue weighted by atomic mass is 10.2. The van der Waals surface area contributed by atoms with E-state index in [4.69, 9.17) is 43.2 Å². The third-order valence-electron chi connectivity index (χ3n) is 5.17. The lowest BCUT2D eigenvalue weighted by Crippen LogP contribution is -2.06.